The number of hydrogen-bond donors (Lipinski definition) is 1. The fraction of sp³-hybridized carbons (Fsp3) is 0.243. The average Bonchev–Trinajstić information content (AvgIpc) is 3.70. The van der Waals surface area contributed by atoms with Crippen molar-refractivity contribution in [1.29, 1.82) is 0 Å². The van der Waals surface area contributed by atoms with E-state index >= 15 is 0 Å². The van der Waals surface area contributed by atoms with Crippen LogP contribution >= 0.6 is 23.1 Å². The summed E-state index contributed by atoms with van der Waals surface area (Å²) in [5.41, 5.74) is 2.03. The van der Waals surface area contributed by atoms with Gasteiger partial charge in [-0.25, -0.2) is 0 Å². The standard InChI is InChI=1S/C37H33N3O6S2/c1-2-3-6-17-44-27-13-8-11-24(20-27)32-31(33(41)25-15-16-29-30(21-25)46-19-18-45-29)34(42)35(43)40(32)36-38-39-37(48-36)47-22-26-12-7-10-23-9-4-5-14-28(23)26/h4-5,7-16,20-21,32,41H,2-3,6,17-19,22H2,1H3/t32-/m1/s1. The van der Waals surface area contributed by atoms with Gasteiger partial charge in [-0.05, 0) is 58.7 Å². The molecule has 48 heavy (non-hydrogen) atoms. The number of rotatable bonds is 11. The Morgan fingerprint density at radius 1 is 0.958 bits per heavy atom. The van der Waals surface area contributed by atoms with E-state index in [-0.39, 0.29) is 16.5 Å². The molecule has 0 saturated carbocycles. The minimum absolute atomic E-state index is 0.0556. The maximum absolute atomic E-state index is 13.8. The van der Waals surface area contributed by atoms with Gasteiger partial charge in [0.1, 0.15) is 24.7 Å². The highest BCUT2D eigenvalue weighted by molar-refractivity contribution is 8.00. The number of nitrogens with zero attached hydrogens (tertiary/aromatic N) is 3. The van der Waals surface area contributed by atoms with Crippen molar-refractivity contribution in [2.45, 2.75) is 42.3 Å². The van der Waals surface area contributed by atoms with Crippen LogP contribution in [0.15, 0.2) is 94.8 Å². The van der Waals surface area contributed by atoms with E-state index in [0.29, 0.717) is 58.3 Å². The number of thioether (sulfide) groups is 1. The molecular weight excluding hydrogens is 647 g/mol. The first-order valence-corrected chi connectivity index (χ1v) is 17.7. The van der Waals surface area contributed by atoms with Crippen molar-refractivity contribution in [2.24, 2.45) is 0 Å². The molecule has 0 radical (unpaired) electrons. The Morgan fingerprint density at radius 2 is 1.77 bits per heavy atom. The fourth-order valence-electron chi connectivity index (χ4n) is 5.92. The topological polar surface area (TPSA) is 111 Å². The molecule has 244 valence electrons. The number of hydrogen-bond acceptors (Lipinski definition) is 10. The third kappa shape index (κ3) is 6.35. The highest BCUT2D eigenvalue weighted by Crippen LogP contribution is 2.45. The molecular formula is C37H33N3O6S2. The Balaban J connectivity index is 1.24. The van der Waals surface area contributed by atoms with E-state index in [4.69, 9.17) is 14.2 Å². The zero-order chi connectivity index (χ0) is 33.0. The van der Waals surface area contributed by atoms with Crippen LogP contribution < -0.4 is 19.1 Å². The van der Waals surface area contributed by atoms with E-state index in [2.05, 4.69) is 41.4 Å². The minimum Gasteiger partial charge on any atom is -0.507 e. The number of fused-ring (bicyclic) bond motifs is 2. The normalized spacial score (nSPS) is 16.9. The number of anilines is 1. The van der Waals surface area contributed by atoms with Crippen molar-refractivity contribution >= 4 is 56.5 Å². The van der Waals surface area contributed by atoms with Gasteiger partial charge in [-0.3, -0.25) is 14.5 Å². The molecule has 1 aromatic heterocycles. The summed E-state index contributed by atoms with van der Waals surface area (Å²) >= 11 is 2.75. The van der Waals surface area contributed by atoms with Crippen LogP contribution in [0, 0.1) is 0 Å². The molecule has 1 saturated heterocycles. The minimum atomic E-state index is -0.971. The van der Waals surface area contributed by atoms with Gasteiger partial charge in [-0.15, -0.1) is 10.2 Å². The molecule has 3 heterocycles. The SMILES string of the molecule is CCCCCOc1cccc([C@@H]2C(=C(O)c3ccc4c(c3)OCCO4)C(=O)C(=O)N2c2nnc(SCc3cccc4ccccc34)s2)c1. The first kappa shape index (κ1) is 31.7. The zero-order valence-corrected chi connectivity index (χ0v) is 27.9. The quantitative estimate of drug-likeness (QED) is 0.0371. The molecule has 0 spiro atoms. The lowest BCUT2D eigenvalue weighted by Crippen LogP contribution is -2.29. The number of aliphatic hydroxyl groups is 1. The van der Waals surface area contributed by atoms with Crippen LogP contribution in [0.5, 0.6) is 17.2 Å². The molecule has 0 bridgehead atoms. The van der Waals surface area contributed by atoms with Gasteiger partial charge in [0.15, 0.2) is 15.8 Å². The first-order chi connectivity index (χ1) is 23.5. The Kier molecular flexibility index (Phi) is 9.31. The predicted molar refractivity (Wildman–Crippen MR) is 187 cm³/mol. The lowest BCUT2D eigenvalue weighted by molar-refractivity contribution is -0.132. The van der Waals surface area contributed by atoms with Crippen molar-refractivity contribution in [3.63, 3.8) is 0 Å². The summed E-state index contributed by atoms with van der Waals surface area (Å²) in [6.07, 6.45) is 3.03. The summed E-state index contributed by atoms with van der Waals surface area (Å²) in [4.78, 5) is 29.0. The molecule has 2 aliphatic heterocycles. The lowest BCUT2D eigenvalue weighted by Gasteiger charge is -2.23. The molecule has 4 aromatic carbocycles. The second-order valence-corrected chi connectivity index (χ2v) is 13.6. The molecule has 7 rings (SSSR count). The van der Waals surface area contributed by atoms with E-state index in [1.807, 2.05) is 42.5 Å². The number of benzene rings is 4. The third-order valence-electron chi connectivity index (χ3n) is 8.28. The summed E-state index contributed by atoms with van der Waals surface area (Å²) in [7, 11) is 0. The fourth-order valence-corrected chi connectivity index (χ4v) is 7.80. The maximum Gasteiger partial charge on any atom is 0.301 e. The van der Waals surface area contributed by atoms with Crippen molar-refractivity contribution < 1.29 is 28.9 Å². The van der Waals surface area contributed by atoms with Crippen molar-refractivity contribution in [3.8, 4) is 17.2 Å². The van der Waals surface area contributed by atoms with Gasteiger partial charge in [-0.1, -0.05) is 97.5 Å². The summed E-state index contributed by atoms with van der Waals surface area (Å²) in [6, 6.07) is 25.7. The smallest absolute Gasteiger partial charge is 0.301 e. The molecule has 1 fully saturated rings. The largest absolute Gasteiger partial charge is 0.507 e. The number of ether oxygens (including phenoxy) is 3. The van der Waals surface area contributed by atoms with Crippen molar-refractivity contribution in [1.82, 2.24) is 10.2 Å². The number of carbonyl (C=O) groups excluding carboxylic acids is 2. The molecule has 1 amide bonds. The summed E-state index contributed by atoms with van der Waals surface area (Å²) in [6.45, 7) is 3.46. The van der Waals surface area contributed by atoms with Crippen LogP contribution in [-0.2, 0) is 15.3 Å². The van der Waals surface area contributed by atoms with Gasteiger partial charge in [-0.2, -0.15) is 0 Å². The van der Waals surface area contributed by atoms with E-state index in [1.165, 1.54) is 33.4 Å². The van der Waals surface area contributed by atoms with Crippen LogP contribution in [0.25, 0.3) is 16.5 Å². The molecule has 11 heteroatoms. The van der Waals surface area contributed by atoms with E-state index in [1.54, 1.807) is 18.2 Å². The van der Waals surface area contributed by atoms with E-state index in [0.717, 1.165) is 30.2 Å². The number of amides is 1. The van der Waals surface area contributed by atoms with Crippen LogP contribution in [-0.4, -0.2) is 46.8 Å². The molecule has 9 nitrogen and oxygen atoms in total. The van der Waals surface area contributed by atoms with E-state index in [9.17, 15) is 14.7 Å². The second-order valence-electron chi connectivity index (χ2n) is 11.4. The first-order valence-electron chi connectivity index (χ1n) is 15.9. The number of aliphatic hydroxyl groups excluding tert-OH is 1. The van der Waals surface area contributed by atoms with Gasteiger partial charge in [0.2, 0.25) is 5.13 Å². The van der Waals surface area contributed by atoms with Crippen LogP contribution in [0.3, 0.4) is 0 Å². The molecule has 5 aromatic rings. The Bertz CT molecular complexity index is 2020. The van der Waals surface area contributed by atoms with Gasteiger partial charge in [0.05, 0.1) is 18.2 Å². The average molecular weight is 680 g/mol. The molecule has 0 unspecified atom stereocenters. The molecule has 2 aliphatic rings. The number of ketones is 1. The Labute approximate surface area is 286 Å². The monoisotopic (exact) mass is 679 g/mol. The van der Waals surface area contributed by atoms with Gasteiger partial charge >= 0.3 is 5.91 Å². The van der Waals surface area contributed by atoms with Crippen LogP contribution in [0.2, 0.25) is 0 Å². The molecule has 1 N–H and O–H groups in total. The predicted octanol–water partition coefficient (Wildman–Crippen LogP) is 7.95. The Hall–Kier alpha value is -4.87. The Morgan fingerprint density at radius 3 is 2.65 bits per heavy atom. The number of Topliss-reactive ketones (excluding diaryl/α,β-unsaturated/α-hetero) is 1. The summed E-state index contributed by atoms with van der Waals surface area (Å²) < 4.78 is 18.0. The zero-order valence-electron chi connectivity index (χ0n) is 26.3. The summed E-state index contributed by atoms with van der Waals surface area (Å²) in [5, 5.41) is 23.0. The highest BCUT2D eigenvalue weighted by Gasteiger charge is 2.48. The maximum atomic E-state index is 13.8. The number of aromatic nitrogens is 2. The third-order valence-corrected chi connectivity index (χ3v) is 10.4. The van der Waals surface area contributed by atoms with Crippen molar-refractivity contribution in [2.75, 3.05) is 24.7 Å². The van der Waals surface area contributed by atoms with E-state index < -0.39 is 17.7 Å². The van der Waals surface area contributed by atoms with Gasteiger partial charge in [0.25, 0.3) is 5.78 Å². The second kappa shape index (κ2) is 14.1. The van der Waals surface area contributed by atoms with Gasteiger partial charge in [0, 0.05) is 11.3 Å². The number of carbonyl (C=O) groups is 2. The molecule has 0 aliphatic carbocycles. The van der Waals surface area contributed by atoms with Crippen LogP contribution in [0.4, 0.5) is 5.13 Å². The van der Waals surface area contributed by atoms with Crippen molar-refractivity contribution in [3.05, 3.63) is 107 Å². The van der Waals surface area contributed by atoms with Crippen LogP contribution in [0.1, 0.15) is 48.9 Å². The molecule has 1 atom stereocenters. The van der Waals surface area contributed by atoms with Gasteiger partial charge < -0.3 is 19.3 Å². The number of unbranched alkanes of at least 4 members (excludes halogenated alkanes) is 2. The lowest BCUT2D eigenvalue weighted by atomic mass is 9.95. The summed E-state index contributed by atoms with van der Waals surface area (Å²) in [5.74, 6) is 0.330. The highest BCUT2D eigenvalue weighted by atomic mass is 32.2.